The van der Waals surface area contributed by atoms with E-state index in [1.807, 2.05) is 24.3 Å². The number of anilines is 3. The summed E-state index contributed by atoms with van der Waals surface area (Å²) in [5, 5.41) is 24.5. The number of para-hydroxylation sites is 1. The molecular formula is C24H24N4O4. The smallest absolute Gasteiger partial charge is 0.269 e. The van der Waals surface area contributed by atoms with Gasteiger partial charge in [-0.1, -0.05) is 18.2 Å². The number of nitro benzene ring substituents is 2. The molecule has 5 rings (SSSR count). The summed E-state index contributed by atoms with van der Waals surface area (Å²) in [4.78, 5) is 22.8. The van der Waals surface area contributed by atoms with Crippen LogP contribution in [0.4, 0.5) is 28.4 Å². The molecule has 0 spiro atoms. The molecule has 0 radical (unpaired) electrons. The van der Waals surface area contributed by atoms with Crippen molar-refractivity contribution in [3.63, 3.8) is 0 Å². The first kappa shape index (κ1) is 21.3. The maximum atomic E-state index is 10.8. The van der Waals surface area contributed by atoms with E-state index in [9.17, 15) is 20.2 Å². The monoisotopic (exact) mass is 432 g/mol. The van der Waals surface area contributed by atoms with Crippen LogP contribution in [0.1, 0.15) is 24.0 Å². The SMILES string of the molecule is O=[N+]([O-])c1ccc2c(c1)CCCN2.O=[N+]([O-])c1ccc2c(c1)CCCN2c1ccccc1. The van der Waals surface area contributed by atoms with Gasteiger partial charge in [0.1, 0.15) is 0 Å². The molecule has 2 aliphatic rings. The van der Waals surface area contributed by atoms with Gasteiger partial charge in [-0.15, -0.1) is 0 Å². The molecule has 1 N–H and O–H groups in total. The van der Waals surface area contributed by atoms with Crippen LogP contribution in [-0.2, 0) is 12.8 Å². The highest BCUT2D eigenvalue weighted by molar-refractivity contribution is 5.69. The molecule has 0 fully saturated rings. The van der Waals surface area contributed by atoms with E-state index in [0.29, 0.717) is 0 Å². The summed E-state index contributed by atoms with van der Waals surface area (Å²) in [6.07, 6.45) is 3.90. The van der Waals surface area contributed by atoms with Crippen molar-refractivity contribution in [2.24, 2.45) is 0 Å². The van der Waals surface area contributed by atoms with Gasteiger partial charge in [0, 0.05) is 54.4 Å². The number of nitrogens with zero attached hydrogens (tertiary/aromatic N) is 3. The molecule has 0 saturated heterocycles. The van der Waals surface area contributed by atoms with E-state index in [4.69, 9.17) is 0 Å². The van der Waals surface area contributed by atoms with Gasteiger partial charge >= 0.3 is 0 Å². The van der Waals surface area contributed by atoms with E-state index >= 15 is 0 Å². The molecule has 3 aromatic carbocycles. The Morgan fingerprint density at radius 3 is 2.16 bits per heavy atom. The quantitative estimate of drug-likeness (QED) is 0.425. The van der Waals surface area contributed by atoms with Crippen LogP contribution < -0.4 is 10.2 Å². The Morgan fingerprint density at radius 1 is 0.781 bits per heavy atom. The Hall–Kier alpha value is -3.94. The highest BCUT2D eigenvalue weighted by atomic mass is 16.6. The lowest BCUT2D eigenvalue weighted by atomic mass is 10.0. The van der Waals surface area contributed by atoms with Crippen molar-refractivity contribution in [3.05, 3.63) is 98.1 Å². The van der Waals surface area contributed by atoms with E-state index in [1.54, 1.807) is 24.3 Å². The zero-order valence-corrected chi connectivity index (χ0v) is 17.6. The van der Waals surface area contributed by atoms with Gasteiger partial charge in [-0.2, -0.15) is 0 Å². The third kappa shape index (κ3) is 4.69. The first-order chi connectivity index (χ1) is 15.5. The van der Waals surface area contributed by atoms with Crippen molar-refractivity contribution in [2.75, 3.05) is 23.3 Å². The van der Waals surface area contributed by atoms with Gasteiger partial charge in [0.15, 0.2) is 0 Å². The second kappa shape index (κ2) is 9.47. The van der Waals surface area contributed by atoms with Gasteiger partial charge in [0.05, 0.1) is 9.85 Å². The minimum Gasteiger partial charge on any atom is -0.385 e. The summed E-state index contributed by atoms with van der Waals surface area (Å²) in [6, 6.07) is 20.3. The number of hydrogen-bond donors (Lipinski definition) is 1. The third-order valence-corrected chi connectivity index (χ3v) is 5.70. The molecule has 164 valence electrons. The van der Waals surface area contributed by atoms with E-state index < -0.39 is 0 Å². The van der Waals surface area contributed by atoms with Gasteiger partial charge in [-0.25, -0.2) is 0 Å². The van der Waals surface area contributed by atoms with Crippen molar-refractivity contribution >= 4 is 28.4 Å². The van der Waals surface area contributed by atoms with E-state index in [-0.39, 0.29) is 21.2 Å². The van der Waals surface area contributed by atoms with Gasteiger partial charge < -0.3 is 10.2 Å². The lowest BCUT2D eigenvalue weighted by Gasteiger charge is -2.31. The van der Waals surface area contributed by atoms with Crippen molar-refractivity contribution in [3.8, 4) is 0 Å². The Morgan fingerprint density at radius 2 is 1.44 bits per heavy atom. The zero-order chi connectivity index (χ0) is 22.5. The topological polar surface area (TPSA) is 102 Å². The van der Waals surface area contributed by atoms with Gasteiger partial charge in [-0.05, 0) is 61.1 Å². The molecule has 32 heavy (non-hydrogen) atoms. The Bertz CT molecular complexity index is 1130. The summed E-state index contributed by atoms with van der Waals surface area (Å²) in [5.41, 5.74) is 5.73. The number of non-ortho nitro benzene ring substituents is 2. The highest BCUT2D eigenvalue weighted by Gasteiger charge is 2.20. The summed E-state index contributed by atoms with van der Waals surface area (Å²) >= 11 is 0. The highest BCUT2D eigenvalue weighted by Crippen LogP contribution is 2.35. The molecule has 0 aliphatic carbocycles. The normalized spacial score (nSPS) is 14.2. The largest absolute Gasteiger partial charge is 0.385 e. The van der Waals surface area contributed by atoms with Crippen molar-refractivity contribution < 1.29 is 9.85 Å². The molecular weight excluding hydrogens is 408 g/mol. The van der Waals surface area contributed by atoms with E-state index in [0.717, 1.165) is 67.0 Å². The van der Waals surface area contributed by atoms with Crippen LogP contribution in [0, 0.1) is 20.2 Å². The number of fused-ring (bicyclic) bond motifs is 2. The maximum Gasteiger partial charge on any atom is 0.269 e. The lowest BCUT2D eigenvalue weighted by Crippen LogP contribution is -2.24. The number of benzene rings is 3. The predicted molar refractivity (Wildman–Crippen MR) is 125 cm³/mol. The van der Waals surface area contributed by atoms with Gasteiger partial charge in [0.2, 0.25) is 0 Å². The summed E-state index contributed by atoms with van der Waals surface area (Å²) in [5.74, 6) is 0. The number of hydrogen-bond acceptors (Lipinski definition) is 6. The Kier molecular flexibility index (Phi) is 6.30. The number of rotatable bonds is 3. The van der Waals surface area contributed by atoms with Crippen molar-refractivity contribution in [1.82, 2.24) is 0 Å². The van der Waals surface area contributed by atoms with Crippen LogP contribution >= 0.6 is 0 Å². The van der Waals surface area contributed by atoms with E-state index in [2.05, 4.69) is 22.3 Å². The molecule has 8 heteroatoms. The first-order valence-corrected chi connectivity index (χ1v) is 10.6. The maximum absolute atomic E-state index is 10.8. The van der Waals surface area contributed by atoms with Crippen LogP contribution in [0.5, 0.6) is 0 Å². The average molecular weight is 432 g/mol. The average Bonchev–Trinajstić information content (AvgIpc) is 2.84. The molecule has 0 atom stereocenters. The lowest BCUT2D eigenvalue weighted by molar-refractivity contribution is -0.385. The third-order valence-electron chi connectivity index (χ3n) is 5.70. The van der Waals surface area contributed by atoms with Crippen molar-refractivity contribution in [1.29, 1.82) is 0 Å². The fraction of sp³-hybridized carbons (Fsp3) is 0.250. The summed E-state index contributed by atoms with van der Waals surface area (Å²) in [7, 11) is 0. The summed E-state index contributed by atoms with van der Waals surface area (Å²) in [6.45, 7) is 1.92. The molecule has 0 unspecified atom stereocenters. The minimum atomic E-state index is -0.352. The van der Waals surface area contributed by atoms with Crippen molar-refractivity contribution in [2.45, 2.75) is 25.7 Å². The second-order valence-corrected chi connectivity index (χ2v) is 7.79. The Balaban J connectivity index is 0.000000165. The summed E-state index contributed by atoms with van der Waals surface area (Å²) < 4.78 is 0. The first-order valence-electron chi connectivity index (χ1n) is 10.6. The molecule has 2 heterocycles. The molecule has 0 bridgehead atoms. The molecule has 2 aliphatic heterocycles. The fourth-order valence-electron chi connectivity index (χ4n) is 4.15. The predicted octanol–water partition coefficient (Wildman–Crippen LogP) is 5.63. The molecule has 0 aromatic heterocycles. The minimum absolute atomic E-state index is 0.175. The van der Waals surface area contributed by atoms with Gasteiger partial charge in [-0.3, -0.25) is 20.2 Å². The Labute approximate surface area is 185 Å². The molecule has 0 saturated carbocycles. The van der Waals surface area contributed by atoms with Crippen LogP contribution in [-0.4, -0.2) is 22.9 Å². The molecule has 8 nitrogen and oxygen atoms in total. The van der Waals surface area contributed by atoms with Crippen LogP contribution in [0.25, 0.3) is 0 Å². The van der Waals surface area contributed by atoms with Crippen LogP contribution in [0.15, 0.2) is 66.7 Å². The number of nitro groups is 2. The number of nitrogens with one attached hydrogen (secondary N) is 1. The fourth-order valence-corrected chi connectivity index (χ4v) is 4.15. The van der Waals surface area contributed by atoms with Crippen LogP contribution in [0.3, 0.4) is 0 Å². The number of aryl methyl sites for hydroxylation is 2. The van der Waals surface area contributed by atoms with E-state index in [1.165, 1.54) is 6.07 Å². The second-order valence-electron chi connectivity index (χ2n) is 7.79. The zero-order valence-electron chi connectivity index (χ0n) is 17.6. The molecule has 3 aromatic rings. The van der Waals surface area contributed by atoms with Gasteiger partial charge in [0.25, 0.3) is 11.4 Å². The molecule has 0 amide bonds. The van der Waals surface area contributed by atoms with Crippen LogP contribution in [0.2, 0.25) is 0 Å². The standard InChI is InChI=1S/C15H14N2O2.C9H10N2O2/c18-17(19)14-8-9-15-12(11-14)5-4-10-16(15)13-6-2-1-3-7-13;12-11(13)8-3-4-9-7(6-8)2-1-5-10-9/h1-3,6-9,11H,4-5,10H2;3-4,6,10H,1-2,5H2.